The van der Waals surface area contributed by atoms with Crippen molar-refractivity contribution in [1.82, 2.24) is 5.16 Å². The summed E-state index contributed by atoms with van der Waals surface area (Å²) in [7, 11) is -3.23. The van der Waals surface area contributed by atoms with Crippen LogP contribution in [0.2, 0.25) is 0 Å². The fraction of sp³-hybridized carbons (Fsp3) is 0.500. The Hall–Kier alpha value is -1.04. The van der Waals surface area contributed by atoms with Gasteiger partial charge in [0, 0.05) is 6.07 Å². The molecule has 0 aliphatic heterocycles. The van der Waals surface area contributed by atoms with E-state index in [1.807, 2.05) is 0 Å². The molecule has 0 radical (unpaired) electrons. The van der Waals surface area contributed by atoms with Crippen LogP contribution in [0, 0.1) is 6.92 Å². The minimum Gasteiger partial charge on any atom is -0.360 e. The zero-order valence-corrected chi connectivity index (χ0v) is 7.68. The lowest BCUT2D eigenvalue weighted by Crippen LogP contribution is -2.14. The van der Waals surface area contributed by atoms with Crippen LogP contribution in [0.1, 0.15) is 12.7 Å². The first-order chi connectivity index (χ1) is 5.53. The van der Waals surface area contributed by atoms with E-state index in [0.717, 1.165) is 0 Å². The lowest BCUT2D eigenvalue weighted by atomic mass is 10.5. The highest BCUT2D eigenvalue weighted by Gasteiger charge is 2.09. The van der Waals surface area contributed by atoms with Gasteiger partial charge in [0.2, 0.25) is 10.0 Å². The Labute approximate surface area is 70.8 Å². The predicted octanol–water partition coefficient (Wildman–Crippen LogP) is 0.745. The van der Waals surface area contributed by atoms with Crippen LogP contribution >= 0.6 is 0 Å². The van der Waals surface area contributed by atoms with Crippen molar-refractivity contribution < 1.29 is 12.9 Å². The van der Waals surface area contributed by atoms with E-state index < -0.39 is 10.0 Å². The van der Waals surface area contributed by atoms with Crippen LogP contribution in [-0.2, 0) is 10.0 Å². The van der Waals surface area contributed by atoms with E-state index in [2.05, 4.69) is 14.4 Å². The zero-order chi connectivity index (χ0) is 9.19. The topological polar surface area (TPSA) is 72.2 Å². The number of anilines is 1. The Balaban J connectivity index is 2.77. The second kappa shape index (κ2) is 3.14. The molecule has 0 atom stereocenters. The molecular weight excluding hydrogens is 180 g/mol. The molecule has 0 amide bonds. The smallest absolute Gasteiger partial charge is 0.233 e. The van der Waals surface area contributed by atoms with Gasteiger partial charge >= 0.3 is 0 Å². The molecule has 1 heterocycles. The van der Waals surface area contributed by atoms with E-state index in [-0.39, 0.29) is 11.6 Å². The fourth-order valence-electron chi connectivity index (χ4n) is 0.646. The molecule has 0 aliphatic rings. The standard InChI is InChI=1S/C6H10N2O3S/c1-3-12(9,10)8-6-4-5(2)11-7-6/h4H,3H2,1-2H3,(H,7,8). The molecule has 1 aromatic rings. The van der Waals surface area contributed by atoms with Gasteiger partial charge in [0.15, 0.2) is 5.82 Å². The van der Waals surface area contributed by atoms with E-state index in [4.69, 9.17) is 0 Å². The lowest BCUT2D eigenvalue weighted by molar-refractivity contribution is 0.400. The van der Waals surface area contributed by atoms with Crippen LogP contribution < -0.4 is 4.72 Å². The van der Waals surface area contributed by atoms with Crippen LogP contribution in [0.4, 0.5) is 5.82 Å². The Morgan fingerprint density at radius 3 is 2.75 bits per heavy atom. The highest BCUT2D eigenvalue weighted by Crippen LogP contribution is 2.08. The minimum absolute atomic E-state index is 0.0267. The maximum absolute atomic E-state index is 11.0. The number of nitrogens with zero attached hydrogens (tertiary/aromatic N) is 1. The number of sulfonamides is 1. The summed E-state index contributed by atoms with van der Waals surface area (Å²) >= 11 is 0. The highest BCUT2D eigenvalue weighted by molar-refractivity contribution is 7.92. The Bertz CT molecular complexity index is 355. The van der Waals surface area contributed by atoms with Crippen LogP contribution in [0.15, 0.2) is 10.6 Å². The van der Waals surface area contributed by atoms with Gasteiger partial charge in [-0.2, -0.15) is 0 Å². The first kappa shape index (κ1) is 9.05. The maximum Gasteiger partial charge on any atom is 0.233 e. The number of aryl methyl sites for hydroxylation is 1. The van der Waals surface area contributed by atoms with Crippen molar-refractivity contribution in [2.75, 3.05) is 10.5 Å². The summed E-state index contributed by atoms with van der Waals surface area (Å²) in [5, 5.41) is 3.48. The van der Waals surface area contributed by atoms with Crippen LogP contribution in [0.3, 0.4) is 0 Å². The Morgan fingerprint density at radius 1 is 1.67 bits per heavy atom. The molecule has 0 aliphatic carbocycles. The number of hydrogen-bond acceptors (Lipinski definition) is 4. The molecule has 0 unspecified atom stereocenters. The summed E-state index contributed by atoms with van der Waals surface area (Å²) in [4.78, 5) is 0. The number of hydrogen-bond donors (Lipinski definition) is 1. The molecule has 1 aromatic heterocycles. The molecule has 0 spiro atoms. The van der Waals surface area contributed by atoms with Crippen molar-refractivity contribution in [2.45, 2.75) is 13.8 Å². The van der Waals surface area contributed by atoms with Gasteiger partial charge < -0.3 is 4.52 Å². The minimum atomic E-state index is -3.23. The monoisotopic (exact) mass is 190 g/mol. The first-order valence-electron chi connectivity index (χ1n) is 3.47. The average molecular weight is 190 g/mol. The van der Waals surface area contributed by atoms with Gasteiger partial charge in [0.25, 0.3) is 0 Å². The molecule has 0 saturated carbocycles. The van der Waals surface area contributed by atoms with Gasteiger partial charge in [-0.3, -0.25) is 4.72 Å². The van der Waals surface area contributed by atoms with Crippen molar-refractivity contribution in [3.8, 4) is 0 Å². The number of nitrogens with one attached hydrogen (secondary N) is 1. The summed E-state index contributed by atoms with van der Waals surface area (Å²) in [5.74, 6) is 0.831. The van der Waals surface area contributed by atoms with Crippen molar-refractivity contribution >= 4 is 15.8 Å². The summed E-state index contributed by atoms with van der Waals surface area (Å²) in [6.07, 6.45) is 0. The largest absolute Gasteiger partial charge is 0.360 e. The van der Waals surface area contributed by atoms with Crippen LogP contribution in [0.5, 0.6) is 0 Å². The van der Waals surface area contributed by atoms with E-state index >= 15 is 0 Å². The normalized spacial score (nSPS) is 11.5. The van der Waals surface area contributed by atoms with Crippen LogP contribution in [-0.4, -0.2) is 19.3 Å². The molecule has 12 heavy (non-hydrogen) atoms. The molecule has 5 nitrogen and oxygen atoms in total. The molecule has 0 fully saturated rings. The summed E-state index contributed by atoms with van der Waals surface area (Å²) in [5.41, 5.74) is 0. The van der Waals surface area contributed by atoms with Gasteiger partial charge in [0.05, 0.1) is 5.75 Å². The van der Waals surface area contributed by atoms with Crippen molar-refractivity contribution in [1.29, 1.82) is 0 Å². The number of aromatic nitrogens is 1. The molecule has 6 heteroatoms. The Morgan fingerprint density at radius 2 is 2.33 bits per heavy atom. The summed E-state index contributed by atoms with van der Waals surface area (Å²) < 4.78 is 28.9. The molecule has 0 aromatic carbocycles. The van der Waals surface area contributed by atoms with E-state index in [0.29, 0.717) is 5.76 Å². The lowest BCUT2D eigenvalue weighted by Gasteiger charge is -1.98. The highest BCUT2D eigenvalue weighted by atomic mass is 32.2. The van der Waals surface area contributed by atoms with Crippen LogP contribution in [0.25, 0.3) is 0 Å². The molecule has 1 N–H and O–H groups in total. The van der Waals surface area contributed by atoms with Gasteiger partial charge in [-0.25, -0.2) is 8.42 Å². The van der Waals surface area contributed by atoms with Gasteiger partial charge in [-0.05, 0) is 13.8 Å². The Kier molecular flexibility index (Phi) is 2.37. The molecular formula is C6H10N2O3S. The third kappa shape index (κ3) is 2.23. The third-order valence-electron chi connectivity index (χ3n) is 1.27. The third-order valence-corrected chi connectivity index (χ3v) is 2.55. The quantitative estimate of drug-likeness (QED) is 0.763. The second-order valence-electron chi connectivity index (χ2n) is 2.33. The zero-order valence-electron chi connectivity index (χ0n) is 6.86. The fourth-order valence-corrected chi connectivity index (χ4v) is 1.21. The molecule has 0 saturated heterocycles. The van der Waals surface area contributed by atoms with Crippen molar-refractivity contribution in [3.05, 3.63) is 11.8 Å². The van der Waals surface area contributed by atoms with E-state index in [1.54, 1.807) is 13.8 Å². The van der Waals surface area contributed by atoms with Gasteiger partial charge in [-0.15, -0.1) is 0 Å². The maximum atomic E-state index is 11.0. The second-order valence-corrected chi connectivity index (χ2v) is 4.34. The van der Waals surface area contributed by atoms with Gasteiger partial charge in [0.1, 0.15) is 5.76 Å². The first-order valence-corrected chi connectivity index (χ1v) is 5.12. The van der Waals surface area contributed by atoms with Crippen molar-refractivity contribution in [2.24, 2.45) is 0 Å². The predicted molar refractivity (Wildman–Crippen MR) is 44.3 cm³/mol. The summed E-state index contributed by atoms with van der Waals surface area (Å²) in [6, 6.07) is 1.52. The molecule has 68 valence electrons. The van der Waals surface area contributed by atoms with Crippen molar-refractivity contribution in [3.63, 3.8) is 0 Å². The average Bonchev–Trinajstić information content (AvgIpc) is 2.35. The van der Waals surface area contributed by atoms with Gasteiger partial charge in [-0.1, -0.05) is 5.16 Å². The molecule has 1 rings (SSSR count). The molecule has 0 bridgehead atoms. The SMILES string of the molecule is CCS(=O)(=O)Nc1cc(C)on1. The number of rotatable bonds is 3. The van der Waals surface area contributed by atoms with E-state index in [1.165, 1.54) is 6.07 Å². The van der Waals surface area contributed by atoms with E-state index in [9.17, 15) is 8.42 Å². The summed E-state index contributed by atoms with van der Waals surface area (Å²) in [6.45, 7) is 3.24.